The fraction of sp³-hybridized carbons (Fsp3) is 0.357. The Morgan fingerprint density at radius 1 is 1.20 bits per heavy atom. The van der Waals surface area contributed by atoms with Crippen molar-refractivity contribution in [2.75, 3.05) is 0 Å². The minimum Gasteiger partial charge on any atom is -0.303 e. The summed E-state index contributed by atoms with van der Waals surface area (Å²) in [6.07, 6.45) is 6.91. The molecule has 0 N–H and O–H groups in total. The lowest BCUT2D eigenvalue weighted by atomic mass is 10.1. The monoisotopic (exact) mass is 202 g/mol. The molecule has 0 fully saturated rings. The summed E-state index contributed by atoms with van der Waals surface area (Å²) in [5.74, 6) is 0. The highest BCUT2D eigenvalue weighted by Gasteiger charge is 1.91. The van der Waals surface area contributed by atoms with Crippen LogP contribution in [0.3, 0.4) is 0 Å². The summed E-state index contributed by atoms with van der Waals surface area (Å²) < 4.78 is 0. The molecule has 0 saturated carbocycles. The van der Waals surface area contributed by atoms with Crippen molar-refractivity contribution in [2.24, 2.45) is 0 Å². The second-order valence-electron chi connectivity index (χ2n) is 3.78. The van der Waals surface area contributed by atoms with Crippen LogP contribution in [-0.2, 0) is 11.2 Å². The van der Waals surface area contributed by atoms with Crippen LogP contribution in [-0.4, -0.2) is 6.29 Å². The molecule has 0 aliphatic carbocycles. The molecule has 0 amide bonds. The van der Waals surface area contributed by atoms with Crippen molar-refractivity contribution in [1.82, 2.24) is 0 Å². The second kappa shape index (κ2) is 6.99. The van der Waals surface area contributed by atoms with E-state index in [-0.39, 0.29) is 0 Å². The van der Waals surface area contributed by atoms with Gasteiger partial charge in [-0.3, -0.25) is 0 Å². The van der Waals surface area contributed by atoms with Crippen molar-refractivity contribution in [3.8, 4) is 0 Å². The van der Waals surface area contributed by atoms with E-state index in [1.807, 2.05) is 6.07 Å². The Morgan fingerprint density at radius 3 is 2.60 bits per heavy atom. The molecule has 0 saturated heterocycles. The van der Waals surface area contributed by atoms with Gasteiger partial charge in [0.25, 0.3) is 0 Å². The summed E-state index contributed by atoms with van der Waals surface area (Å²) in [5, 5.41) is 0. The van der Waals surface area contributed by atoms with E-state index in [1.165, 1.54) is 11.1 Å². The first-order chi connectivity index (χ1) is 7.33. The summed E-state index contributed by atoms with van der Waals surface area (Å²) >= 11 is 0. The van der Waals surface area contributed by atoms with Gasteiger partial charge in [0.1, 0.15) is 6.29 Å². The number of rotatable bonds is 6. The lowest BCUT2D eigenvalue weighted by Gasteiger charge is -1.99. The van der Waals surface area contributed by atoms with Crippen LogP contribution in [0.2, 0.25) is 0 Å². The molecule has 0 spiro atoms. The third-order valence-corrected chi connectivity index (χ3v) is 2.43. The molecule has 0 unspecified atom stereocenters. The third-order valence-electron chi connectivity index (χ3n) is 2.43. The lowest BCUT2D eigenvalue weighted by molar-refractivity contribution is -0.107. The quantitative estimate of drug-likeness (QED) is 0.509. The minimum absolute atomic E-state index is 0.646. The summed E-state index contributed by atoms with van der Waals surface area (Å²) in [7, 11) is 0. The first kappa shape index (κ1) is 11.7. The average molecular weight is 202 g/mol. The zero-order valence-corrected chi connectivity index (χ0v) is 9.28. The molecule has 80 valence electrons. The van der Waals surface area contributed by atoms with Gasteiger partial charge in [0, 0.05) is 6.42 Å². The molecule has 1 rings (SSSR count). The van der Waals surface area contributed by atoms with Crippen LogP contribution in [0.15, 0.2) is 42.0 Å². The molecule has 0 aliphatic heterocycles. The number of hydrogen-bond donors (Lipinski definition) is 0. The van der Waals surface area contributed by atoms with Crippen LogP contribution in [0.5, 0.6) is 0 Å². The Balaban J connectivity index is 2.29. The molecule has 0 aliphatic rings. The van der Waals surface area contributed by atoms with Gasteiger partial charge in [0.15, 0.2) is 0 Å². The van der Waals surface area contributed by atoms with E-state index >= 15 is 0 Å². The number of aryl methyl sites for hydroxylation is 1. The van der Waals surface area contributed by atoms with Crippen molar-refractivity contribution in [2.45, 2.75) is 32.6 Å². The predicted molar refractivity (Wildman–Crippen MR) is 63.8 cm³/mol. The predicted octanol–water partition coefficient (Wildman–Crippen LogP) is 3.54. The van der Waals surface area contributed by atoms with E-state index in [0.717, 1.165) is 25.5 Å². The van der Waals surface area contributed by atoms with Gasteiger partial charge in [-0.15, -0.1) is 0 Å². The number of carbonyl (C=O) groups is 1. The van der Waals surface area contributed by atoms with Crippen LogP contribution in [0.25, 0.3) is 0 Å². The second-order valence-corrected chi connectivity index (χ2v) is 3.78. The largest absolute Gasteiger partial charge is 0.303 e. The average Bonchev–Trinajstić information content (AvgIpc) is 2.28. The Morgan fingerprint density at radius 2 is 1.93 bits per heavy atom. The summed E-state index contributed by atoms with van der Waals surface area (Å²) in [6.45, 7) is 2.09. The Hall–Kier alpha value is -1.37. The molecule has 1 aromatic carbocycles. The summed E-state index contributed by atoms with van der Waals surface area (Å²) in [5.41, 5.74) is 2.69. The van der Waals surface area contributed by atoms with Gasteiger partial charge < -0.3 is 4.79 Å². The maximum Gasteiger partial charge on any atom is 0.120 e. The van der Waals surface area contributed by atoms with Crippen molar-refractivity contribution in [3.63, 3.8) is 0 Å². The van der Waals surface area contributed by atoms with Gasteiger partial charge >= 0.3 is 0 Å². The molecule has 0 bridgehead atoms. The molecule has 0 atom stereocenters. The van der Waals surface area contributed by atoms with E-state index < -0.39 is 0 Å². The zero-order chi connectivity index (χ0) is 10.9. The van der Waals surface area contributed by atoms with E-state index in [9.17, 15) is 4.79 Å². The van der Waals surface area contributed by atoms with E-state index in [0.29, 0.717) is 6.42 Å². The number of carbonyl (C=O) groups excluding carboxylic acids is 1. The highest BCUT2D eigenvalue weighted by Crippen LogP contribution is 2.07. The molecule has 0 heterocycles. The van der Waals surface area contributed by atoms with E-state index in [1.54, 1.807) is 0 Å². The normalized spacial score (nSPS) is 11.4. The Labute approximate surface area is 91.8 Å². The molecular formula is C14H18O. The van der Waals surface area contributed by atoms with Crippen LogP contribution in [0, 0.1) is 0 Å². The molecule has 1 heteroatoms. The van der Waals surface area contributed by atoms with Crippen molar-refractivity contribution < 1.29 is 4.79 Å². The first-order valence-corrected chi connectivity index (χ1v) is 5.46. The maximum atomic E-state index is 10.2. The number of allylic oxidation sites excluding steroid dienone is 2. The van der Waals surface area contributed by atoms with E-state index in [4.69, 9.17) is 0 Å². The fourth-order valence-electron chi connectivity index (χ4n) is 1.52. The minimum atomic E-state index is 0.646. The highest BCUT2D eigenvalue weighted by atomic mass is 16.1. The summed E-state index contributed by atoms with van der Waals surface area (Å²) in [6, 6.07) is 10.5. The zero-order valence-electron chi connectivity index (χ0n) is 9.28. The molecular weight excluding hydrogens is 184 g/mol. The smallest absolute Gasteiger partial charge is 0.120 e. The van der Waals surface area contributed by atoms with Crippen molar-refractivity contribution in [3.05, 3.63) is 47.5 Å². The standard InChI is InChI=1S/C14H18O/c1-13(8-6-12-15)7-5-11-14-9-3-2-4-10-14/h2-4,7,9-10,12H,5-6,8,11H2,1H3/b13-7+. The third kappa shape index (κ3) is 5.16. The van der Waals surface area contributed by atoms with Gasteiger partial charge in [-0.2, -0.15) is 0 Å². The Bertz CT molecular complexity index is 311. The van der Waals surface area contributed by atoms with Crippen LogP contribution in [0.4, 0.5) is 0 Å². The van der Waals surface area contributed by atoms with Gasteiger partial charge in [0.2, 0.25) is 0 Å². The number of benzene rings is 1. The van der Waals surface area contributed by atoms with Gasteiger partial charge in [-0.1, -0.05) is 42.0 Å². The van der Waals surface area contributed by atoms with Gasteiger partial charge in [0.05, 0.1) is 0 Å². The maximum absolute atomic E-state index is 10.2. The topological polar surface area (TPSA) is 17.1 Å². The van der Waals surface area contributed by atoms with E-state index in [2.05, 4.69) is 37.3 Å². The van der Waals surface area contributed by atoms with Gasteiger partial charge in [-0.05, 0) is 31.7 Å². The van der Waals surface area contributed by atoms with Gasteiger partial charge in [-0.25, -0.2) is 0 Å². The molecule has 0 radical (unpaired) electrons. The van der Waals surface area contributed by atoms with Crippen LogP contribution < -0.4 is 0 Å². The van der Waals surface area contributed by atoms with Crippen LogP contribution in [0.1, 0.15) is 31.7 Å². The molecule has 1 nitrogen and oxygen atoms in total. The SMILES string of the molecule is C/C(=C\CCc1ccccc1)CCC=O. The highest BCUT2D eigenvalue weighted by molar-refractivity contribution is 5.49. The lowest BCUT2D eigenvalue weighted by Crippen LogP contribution is -1.84. The molecule has 0 aromatic heterocycles. The Kier molecular flexibility index (Phi) is 5.46. The number of aldehydes is 1. The van der Waals surface area contributed by atoms with Crippen molar-refractivity contribution >= 4 is 6.29 Å². The number of hydrogen-bond acceptors (Lipinski definition) is 1. The summed E-state index contributed by atoms with van der Waals surface area (Å²) in [4.78, 5) is 10.2. The van der Waals surface area contributed by atoms with Crippen molar-refractivity contribution in [1.29, 1.82) is 0 Å². The van der Waals surface area contributed by atoms with Crippen LogP contribution >= 0.6 is 0 Å². The molecule has 15 heavy (non-hydrogen) atoms. The first-order valence-electron chi connectivity index (χ1n) is 5.46. The molecule has 1 aromatic rings. The fourth-order valence-corrected chi connectivity index (χ4v) is 1.52.